The number of rotatable bonds is 9. The van der Waals surface area contributed by atoms with E-state index in [1.54, 1.807) is 14.2 Å². The Morgan fingerprint density at radius 1 is 1.00 bits per heavy atom. The summed E-state index contributed by atoms with van der Waals surface area (Å²) in [5.41, 5.74) is 0.866. The van der Waals surface area contributed by atoms with Gasteiger partial charge in [0.25, 0.3) is 0 Å². The van der Waals surface area contributed by atoms with Crippen molar-refractivity contribution in [2.24, 2.45) is 0 Å². The van der Waals surface area contributed by atoms with Crippen LogP contribution < -0.4 is 20.1 Å². The third-order valence-electron chi connectivity index (χ3n) is 3.41. The van der Waals surface area contributed by atoms with Gasteiger partial charge in [-0.1, -0.05) is 0 Å². The fourth-order valence-electron chi connectivity index (χ4n) is 2.20. The van der Waals surface area contributed by atoms with Crippen molar-refractivity contribution in [2.75, 3.05) is 52.0 Å². The van der Waals surface area contributed by atoms with Gasteiger partial charge in [0.05, 0.1) is 14.2 Å². The molecule has 130 valence electrons. The van der Waals surface area contributed by atoms with Gasteiger partial charge in [-0.2, -0.15) is 0 Å². The van der Waals surface area contributed by atoms with E-state index in [0.29, 0.717) is 17.3 Å². The number of nitrogens with one attached hydrogen (secondary N) is 2. The minimum atomic E-state index is 0.665. The molecule has 7 nitrogen and oxygen atoms in total. The molecule has 0 saturated heterocycles. The van der Waals surface area contributed by atoms with E-state index in [9.17, 15) is 0 Å². The molecule has 0 aliphatic carbocycles. The van der Waals surface area contributed by atoms with E-state index in [1.807, 2.05) is 24.3 Å². The molecule has 0 unspecified atom stereocenters. The summed E-state index contributed by atoms with van der Waals surface area (Å²) in [5, 5.41) is 6.55. The van der Waals surface area contributed by atoms with Crippen molar-refractivity contribution < 1.29 is 9.47 Å². The van der Waals surface area contributed by atoms with Gasteiger partial charge in [-0.3, -0.25) is 0 Å². The van der Waals surface area contributed by atoms with E-state index >= 15 is 0 Å². The zero-order valence-corrected chi connectivity index (χ0v) is 14.7. The van der Waals surface area contributed by atoms with Gasteiger partial charge in [0.2, 0.25) is 0 Å². The van der Waals surface area contributed by atoms with E-state index in [2.05, 4.69) is 39.6 Å². The van der Waals surface area contributed by atoms with Crippen LogP contribution in [-0.2, 0) is 0 Å². The first-order valence-corrected chi connectivity index (χ1v) is 7.82. The summed E-state index contributed by atoms with van der Waals surface area (Å²) in [6.07, 6.45) is 2.59. The lowest BCUT2D eigenvalue weighted by molar-refractivity contribution is 0.355. The zero-order valence-electron chi connectivity index (χ0n) is 14.7. The lowest BCUT2D eigenvalue weighted by Crippen LogP contribution is -2.16. The molecule has 0 atom stereocenters. The summed E-state index contributed by atoms with van der Waals surface area (Å²) in [4.78, 5) is 10.6. The first kappa shape index (κ1) is 17.8. The molecule has 1 aromatic carbocycles. The number of nitrogens with zero attached hydrogens (tertiary/aromatic N) is 3. The highest BCUT2D eigenvalue weighted by Gasteiger charge is 2.06. The van der Waals surface area contributed by atoms with Crippen LogP contribution in [0.3, 0.4) is 0 Å². The minimum absolute atomic E-state index is 0.665. The predicted molar refractivity (Wildman–Crippen MR) is 96.5 cm³/mol. The van der Waals surface area contributed by atoms with Crippen molar-refractivity contribution in [3.05, 3.63) is 30.6 Å². The molecule has 0 amide bonds. The van der Waals surface area contributed by atoms with Gasteiger partial charge in [0, 0.05) is 24.4 Å². The van der Waals surface area contributed by atoms with E-state index in [1.165, 1.54) is 6.33 Å². The molecule has 0 spiro atoms. The molecule has 0 aliphatic rings. The summed E-state index contributed by atoms with van der Waals surface area (Å²) in [7, 11) is 7.36. The Morgan fingerprint density at radius 3 is 2.46 bits per heavy atom. The summed E-state index contributed by atoms with van der Waals surface area (Å²) in [6, 6.07) is 7.51. The van der Waals surface area contributed by atoms with Crippen LogP contribution in [0.15, 0.2) is 30.6 Å². The van der Waals surface area contributed by atoms with Crippen molar-refractivity contribution in [3.63, 3.8) is 0 Å². The van der Waals surface area contributed by atoms with Crippen LogP contribution in [0.2, 0.25) is 0 Å². The van der Waals surface area contributed by atoms with Crippen LogP contribution >= 0.6 is 0 Å². The molecule has 24 heavy (non-hydrogen) atoms. The Morgan fingerprint density at radius 2 is 1.75 bits per heavy atom. The first-order chi connectivity index (χ1) is 11.6. The van der Waals surface area contributed by atoms with Gasteiger partial charge in [-0.05, 0) is 39.2 Å². The second kappa shape index (κ2) is 8.93. The molecule has 0 radical (unpaired) electrons. The Bertz CT molecular complexity index is 649. The number of anilines is 3. The number of benzene rings is 1. The molecule has 2 rings (SSSR count). The summed E-state index contributed by atoms with van der Waals surface area (Å²) >= 11 is 0. The van der Waals surface area contributed by atoms with Gasteiger partial charge in [-0.25, -0.2) is 9.97 Å². The lowest BCUT2D eigenvalue weighted by atomic mass is 10.2. The van der Waals surface area contributed by atoms with Gasteiger partial charge < -0.3 is 25.0 Å². The van der Waals surface area contributed by atoms with Crippen molar-refractivity contribution in [1.29, 1.82) is 0 Å². The number of hydrogen-bond acceptors (Lipinski definition) is 7. The fraction of sp³-hybridized carbons (Fsp3) is 0.412. The highest BCUT2D eigenvalue weighted by atomic mass is 16.5. The third-order valence-corrected chi connectivity index (χ3v) is 3.41. The van der Waals surface area contributed by atoms with Crippen LogP contribution in [-0.4, -0.2) is 56.3 Å². The molecule has 0 saturated carbocycles. The molecule has 0 aliphatic heterocycles. The molecule has 0 fully saturated rings. The molecule has 2 N–H and O–H groups in total. The maximum absolute atomic E-state index is 5.31. The number of ether oxygens (including phenoxy) is 2. The molecule has 1 heterocycles. The summed E-state index contributed by atoms with van der Waals surface area (Å²) in [5.74, 6) is 2.87. The Labute approximate surface area is 143 Å². The van der Waals surface area contributed by atoms with Crippen LogP contribution in [0.5, 0.6) is 11.5 Å². The average Bonchev–Trinajstić information content (AvgIpc) is 2.59. The number of aromatic nitrogens is 2. The maximum atomic E-state index is 5.31. The van der Waals surface area contributed by atoms with Crippen LogP contribution in [0.4, 0.5) is 17.3 Å². The third kappa shape index (κ3) is 5.27. The molecule has 7 heteroatoms. The van der Waals surface area contributed by atoms with Gasteiger partial charge in [0.1, 0.15) is 18.0 Å². The first-order valence-electron chi connectivity index (χ1n) is 7.82. The molecular formula is C17H25N5O2. The second-order valence-electron chi connectivity index (χ2n) is 5.57. The maximum Gasteiger partial charge on any atom is 0.162 e. The average molecular weight is 331 g/mol. The highest BCUT2D eigenvalue weighted by Crippen LogP contribution is 2.30. The predicted octanol–water partition coefficient (Wildman–Crippen LogP) is 2.60. The summed E-state index contributed by atoms with van der Waals surface area (Å²) in [6.45, 7) is 1.90. The topological polar surface area (TPSA) is 71.5 Å². The van der Waals surface area contributed by atoms with Crippen molar-refractivity contribution in [2.45, 2.75) is 6.42 Å². The van der Waals surface area contributed by atoms with Gasteiger partial charge in [-0.15, -0.1) is 0 Å². The zero-order chi connectivity index (χ0) is 17.4. The Hall–Kier alpha value is -2.54. The molecular weight excluding hydrogens is 306 g/mol. The standard InChI is InChI=1S/C17H25N5O2/c1-22(2)9-5-8-18-16-11-17(20-12-19-16)21-13-6-7-14(23-3)15(10-13)24-4/h6-7,10-12H,5,8-9H2,1-4H3,(H2,18,19,20,21). The van der Waals surface area contributed by atoms with E-state index in [-0.39, 0.29) is 0 Å². The van der Waals surface area contributed by atoms with Crippen LogP contribution in [0, 0.1) is 0 Å². The lowest BCUT2D eigenvalue weighted by Gasteiger charge is -2.12. The highest BCUT2D eigenvalue weighted by molar-refractivity contribution is 5.62. The fourth-order valence-corrected chi connectivity index (χ4v) is 2.20. The monoisotopic (exact) mass is 331 g/mol. The largest absolute Gasteiger partial charge is 0.493 e. The van der Waals surface area contributed by atoms with Crippen LogP contribution in [0.1, 0.15) is 6.42 Å². The number of methoxy groups -OCH3 is 2. The van der Waals surface area contributed by atoms with Gasteiger partial charge in [0.15, 0.2) is 11.5 Å². The number of hydrogen-bond donors (Lipinski definition) is 2. The van der Waals surface area contributed by atoms with Crippen molar-refractivity contribution in [3.8, 4) is 11.5 Å². The summed E-state index contributed by atoms with van der Waals surface area (Å²) < 4.78 is 10.5. The normalized spacial score (nSPS) is 10.5. The smallest absolute Gasteiger partial charge is 0.162 e. The molecule has 1 aromatic heterocycles. The van der Waals surface area contributed by atoms with Crippen LogP contribution in [0.25, 0.3) is 0 Å². The van der Waals surface area contributed by atoms with Crippen molar-refractivity contribution >= 4 is 17.3 Å². The van der Waals surface area contributed by atoms with Crippen molar-refractivity contribution in [1.82, 2.24) is 14.9 Å². The van der Waals surface area contributed by atoms with Gasteiger partial charge >= 0.3 is 0 Å². The van der Waals surface area contributed by atoms with E-state index in [4.69, 9.17) is 9.47 Å². The molecule has 0 bridgehead atoms. The molecule has 2 aromatic rings. The Kier molecular flexibility index (Phi) is 6.62. The van der Waals surface area contributed by atoms with E-state index < -0.39 is 0 Å². The minimum Gasteiger partial charge on any atom is -0.493 e. The Balaban J connectivity index is 1.99. The SMILES string of the molecule is COc1ccc(Nc2cc(NCCCN(C)C)ncn2)cc1OC. The second-order valence-corrected chi connectivity index (χ2v) is 5.57. The quantitative estimate of drug-likeness (QED) is 0.684. The van der Waals surface area contributed by atoms with E-state index in [0.717, 1.165) is 31.0 Å².